The van der Waals surface area contributed by atoms with Crippen LogP contribution in [0.4, 0.5) is 5.69 Å². The maximum atomic E-state index is 11.7. The van der Waals surface area contributed by atoms with Gasteiger partial charge in [-0.2, -0.15) is 5.10 Å². The van der Waals surface area contributed by atoms with Gasteiger partial charge in [0.05, 0.1) is 17.0 Å². The van der Waals surface area contributed by atoms with Crippen LogP contribution in [0.1, 0.15) is 18.1 Å². The zero-order valence-corrected chi connectivity index (χ0v) is 13.9. The first-order chi connectivity index (χ1) is 11.5. The number of anilines is 1. The molecule has 3 aromatic rings. The molecule has 122 valence electrons. The third-order valence-corrected chi connectivity index (χ3v) is 3.91. The summed E-state index contributed by atoms with van der Waals surface area (Å²) in [6, 6.07) is 11.7. The Morgan fingerprint density at radius 2 is 1.92 bits per heavy atom. The second kappa shape index (κ2) is 6.37. The number of phenols is 1. The molecule has 0 radical (unpaired) electrons. The minimum Gasteiger partial charge on any atom is -0.507 e. The van der Waals surface area contributed by atoms with Gasteiger partial charge in [0.1, 0.15) is 5.75 Å². The van der Waals surface area contributed by atoms with Crippen LogP contribution in [0.25, 0.3) is 11.0 Å². The molecule has 0 atom stereocenters. The standard InChI is InChI=1S/C18H15ClN2O3/c1-10-9-16(23)24-18-14(10)7-8-15(22)17(18)11(2)20-21-13-5-3-12(19)4-6-13/h3-9,21-22H,1-2H3/b20-11-. The maximum absolute atomic E-state index is 11.7. The topological polar surface area (TPSA) is 74.8 Å². The number of halogens is 1. The van der Waals surface area contributed by atoms with Crippen LogP contribution in [-0.4, -0.2) is 10.8 Å². The van der Waals surface area contributed by atoms with Gasteiger partial charge in [-0.3, -0.25) is 5.43 Å². The fourth-order valence-corrected chi connectivity index (χ4v) is 2.58. The predicted molar refractivity (Wildman–Crippen MR) is 96.2 cm³/mol. The number of aryl methyl sites for hydroxylation is 1. The summed E-state index contributed by atoms with van der Waals surface area (Å²) >= 11 is 5.85. The fraction of sp³-hybridized carbons (Fsp3) is 0.111. The van der Waals surface area contributed by atoms with Gasteiger partial charge in [0.15, 0.2) is 5.58 Å². The number of hydrazone groups is 1. The van der Waals surface area contributed by atoms with Crippen LogP contribution in [-0.2, 0) is 0 Å². The van der Waals surface area contributed by atoms with E-state index in [2.05, 4.69) is 10.5 Å². The van der Waals surface area contributed by atoms with E-state index < -0.39 is 5.63 Å². The summed E-state index contributed by atoms with van der Waals surface area (Å²) in [6.07, 6.45) is 0. The van der Waals surface area contributed by atoms with E-state index in [0.717, 1.165) is 16.6 Å². The minimum atomic E-state index is -0.467. The molecule has 0 fully saturated rings. The van der Waals surface area contributed by atoms with Crippen molar-refractivity contribution < 1.29 is 9.52 Å². The molecule has 0 amide bonds. The van der Waals surface area contributed by atoms with Crippen molar-refractivity contribution in [2.45, 2.75) is 13.8 Å². The lowest BCUT2D eigenvalue weighted by atomic mass is 10.0. The molecule has 3 rings (SSSR count). The molecule has 0 aliphatic heterocycles. The lowest BCUT2D eigenvalue weighted by Crippen LogP contribution is -2.05. The van der Waals surface area contributed by atoms with E-state index in [9.17, 15) is 9.90 Å². The van der Waals surface area contributed by atoms with E-state index in [-0.39, 0.29) is 5.75 Å². The van der Waals surface area contributed by atoms with Crippen LogP contribution < -0.4 is 11.1 Å². The van der Waals surface area contributed by atoms with E-state index in [1.807, 2.05) is 6.92 Å². The Balaban J connectivity index is 2.07. The summed E-state index contributed by atoms with van der Waals surface area (Å²) in [5.74, 6) is -0.00425. The number of nitrogens with zero attached hydrogens (tertiary/aromatic N) is 1. The number of rotatable bonds is 3. The molecule has 2 N–H and O–H groups in total. The van der Waals surface area contributed by atoms with Gasteiger partial charge in [0, 0.05) is 16.5 Å². The van der Waals surface area contributed by atoms with Gasteiger partial charge in [-0.15, -0.1) is 0 Å². The Hall–Kier alpha value is -2.79. The van der Waals surface area contributed by atoms with Crippen molar-refractivity contribution in [1.82, 2.24) is 0 Å². The molecule has 0 saturated carbocycles. The molecule has 1 aromatic heterocycles. The van der Waals surface area contributed by atoms with Crippen molar-refractivity contribution in [2.75, 3.05) is 5.43 Å². The molecule has 0 unspecified atom stereocenters. The average molecular weight is 343 g/mol. The molecule has 5 nitrogen and oxygen atoms in total. The van der Waals surface area contributed by atoms with E-state index in [0.29, 0.717) is 21.9 Å². The highest BCUT2D eigenvalue weighted by Crippen LogP contribution is 2.28. The van der Waals surface area contributed by atoms with Crippen LogP contribution in [0.2, 0.25) is 5.02 Å². The van der Waals surface area contributed by atoms with Crippen LogP contribution in [0.3, 0.4) is 0 Å². The average Bonchev–Trinajstić information content (AvgIpc) is 2.53. The summed E-state index contributed by atoms with van der Waals surface area (Å²) in [7, 11) is 0. The van der Waals surface area contributed by atoms with E-state index >= 15 is 0 Å². The molecule has 0 aliphatic rings. The Labute approximate surface area is 143 Å². The Morgan fingerprint density at radius 1 is 1.21 bits per heavy atom. The summed E-state index contributed by atoms with van der Waals surface area (Å²) in [4.78, 5) is 11.7. The molecule has 0 aliphatic carbocycles. The van der Waals surface area contributed by atoms with Gasteiger partial charge in [-0.1, -0.05) is 11.6 Å². The van der Waals surface area contributed by atoms with Gasteiger partial charge in [0.25, 0.3) is 0 Å². The van der Waals surface area contributed by atoms with Crippen molar-refractivity contribution >= 4 is 34.0 Å². The molecule has 2 aromatic carbocycles. The first-order valence-electron chi connectivity index (χ1n) is 7.28. The normalized spacial score (nSPS) is 11.7. The first-order valence-corrected chi connectivity index (χ1v) is 7.66. The lowest BCUT2D eigenvalue weighted by Gasteiger charge is -2.09. The lowest BCUT2D eigenvalue weighted by molar-refractivity contribution is 0.471. The summed E-state index contributed by atoms with van der Waals surface area (Å²) in [5, 5.41) is 15.9. The van der Waals surface area contributed by atoms with Crippen LogP contribution in [0.15, 0.2) is 56.8 Å². The Morgan fingerprint density at radius 3 is 2.62 bits per heavy atom. The molecular weight excluding hydrogens is 328 g/mol. The molecule has 0 saturated heterocycles. The van der Waals surface area contributed by atoms with Crippen molar-refractivity contribution in [2.24, 2.45) is 5.10 Å². The second-order valence-corrected chi connectivity index (χ2v) is 5.84. The fourth-order valence-electron chi connectivity index (χ4n) is 2.45. The highest BCUT2D eigenvalue weighted by Gasteiger charge is 2.14. The quantitative estimate of drug-likeness (QED) is 0.423. The van der Waals surface area contributed by atoms with Crippen LogP contribution in [0.5, 0.6) is 5.75 Å². The van der Waals surface area contributed by atoms with E-state index in [4.69, 9.17) is 16.0 Å². The van der Waals surface area contributed by atoms with Crippen molar-refractivity contribution in [3.63, 3.8) is 0 Å². The van der Waals surface area contributed by atoms with Gasteiger partial charge in [-0.25, -0.2) is 4.79 Å². The van der Waals surface area contributed by atoms with Crippen molar-refractivity contribution in [1.29, 1.82) is 0 Å². The summed E-state index contributed by atoms with van der Waals surface area (Å²) < 4.78 is 5.30. The highest BCUT2D eigenvalue weighted by molar-refractivity contribution is 6.30. The van der Waals surface area contributed by atoms with Gasteiger partial charge >= 0.3 is 5.63 Å². The molecule has 0 bridgehead atoms. The number of benzene rings is 2. The van der Waals surface area contributed by atoms with E-state index in [1.54, 1.807) is 43.3 Å². The maximum Gasteiger partial charge on any atom is 0.336 e. The third-order valence-electron chi connectivity index (χ3n) is 3.66. The van der Waals surface area contributed by atoms with Crippen molar-refractivity contribution in [3.8, 4) is 5.75 Å². The zero-order valence-electron chi connectivity index (χ0n) is 13.1. The number of hydrogen-bond donors (Lipinski definition) is 2. The number of nitrogens with one attached hydrogen (secondary N) is 1. The molecule has 6 heteroatoms. The number of fused-ring (bicyclic) bond motifs is 1. The minimum absolute atomic E-state index is 0.00425. The number of aromatic hydroxyl groups is 1. The second-order valence-electron chi connectivity index (χ2n) is 5.40. The summed E-state index contributed by atoms with van der Waals surface area (Å²) in [5.41, 5.74) is 5.14. The molecular formula is C18H15ClN2O3. The predicted octanol–water partition coefficient (Wildman–Crippen LogP) is 4.30. The number of phenolic OH excluding ortho intramolecular Hbond substituents is 1. The van der Waals surface area contributed by atoms with Gasteiger partial charge in [-0.05, 0) is 55.8 Å². The highest BCUT2D eigenvalue weighted by atomic mass is 35.5. The Bertz CT molecular complexity index is 992. The van der Waals surface area contributed by atoms with E-state index in [1.165, 1.54) is 6.07 Å². The van der Waals surface area contributed by atoms with Crippen molar-refractivity contribution in [3.05, 3.63) is 69.0 Å². The largest absolute Gasteiger partial charge is 0.507 e. The molecule has 0 spiro atoms. The monoisotopic (exact) mass is 342 g/mol. The zero-order chi connectivity index (χ0) is 17.3. The smallest absolute Gasteiger partial charge is 0.336 e. The van der Waals surface area contributed by atoms with Gasteiger partial charge in [0.2, 0.25) is 0 Å². The number of hydrogen-bond acceptors (Lipinski definition) is 5. The molecule has 1 heterocycles. The van der Waals surface area contributed by atoms with Gasteiger partial charge < -0.3 is 9.52 Å². The SMILES string of the molecule is C/C(=N/Nc1ccc(Cl)cc1)c1c(O)ccc2c(C)cc(=O)oc12. The third kappa shape index (κ3) is 3.12. The molecule has 24 heavy (non-hydrogen) atoms. The summed E-state index contributed by atoms with van der Waals surface area (Å²) in [6.45, 7) is 3.54. The Kier molecular flexibility index (Phi) is 4.27. The first kappa shape index (κ1) is 16.1. The van der Waals surface area contributed by atoms with Crippen LogP contribution in [0, 0.1) is 6.92 Å². The van der Waals surface area contributed by atoms with Crippen LogP contribution >= 0.6 is 11.6 Å².